The second-order valence-electron chi connectivity index (χ2n) is 4.12. The molecule has 0 fully saturated rings. The molecule has 2 N–H and O–H groups in total. The summed E-state index contributed by atoms with van der Waals surface area (Å²) >= 11 is 0. The number of carbonyl (C=O) groups is 1. The van der Waals surface area contributed by atoms with Crippen molar-refractivity contribution in [3.8, 4) is 5.75 Å². The van der Waals surface area contributed by atoms with Crippen LogP contribution in [0, 0.1) is 0 Å². The Morgan fingerprint density at radius 1 is 1.15 bits per heavy atom. The number of hydrogen-bond donors (Lipinski definition) is 1. The van der Waals surface area contributed by atoms with Gasteiger partial charge in [-0.05, 0) is 24.3 Å². The number of anilines is 1. The van der Waals surface area contributed by atoms with E-state index in [-0.39, 0.29) is 13.2 Å². The van der Waals surface area contributed by atoms with Gasteiger partial charge >= 0.3 is 5.97 Å². The highest BCUT2D eigenvalue weighted by Gasteiger charge is 2.06. The summed E-state index contributed by atoms with van der Waals surface area (Å²) < 4.78 is 10.3. The van der Waals surface area contributed by atoms with E-state index in [0.717, 1.165) is 5.69 Å². The van der Waals surface area contributed by atoms with Crippen LogP contribution in [0.25, 0.3) is 0 Å². The summed E-state index contributed by atoms with van der Waals surface area (Å²) in [6.07, 6.45) is 2.29. The van der Waals surface area contributed by atoms with Crippen molar-refractivity contribution in [2.24, 2.45) is 0 Å². The molecule has 0 aliphatic heterocycles. The van der Waals surface area contributed by atoms with Crippen LogP contribution in [-0.4, -0.2) is 24.2 Å². The molecule has 1 heterocycles. The number of nitrogens with two attached hydrogens (primary N) is 1. The van der Waals surface area contributed by atoms with Crippen molar-refractivity contribution in [1.29, 1.82) is 0 Å². The molecule has 20 heavy (non-hydrogen) atoms. The number of aromatic nitrogens is 1. The molecule has 5 nitrogen and oxygen atoms in total. The fourth-order valence-electron chi connectivity index (χ4n) is 1.61. The van der Waals surface area contributed by atoms with Gasteiger partial charge in [-0.3, -0.25) is 4.98 Å². The van der Waals surface area contributed by atoms with Gasteiger partial charge in [-0.2, -0.15) is 0 Å². The van der Waals surface area contributed by atoms with E-state index in [2.05, 4.69) is 4.98 Å². The van der Waals surface area contributed by atoms with Crippen molar-refractivity contribution < 1.29 is 14.3 Å². The van der Waals surface area contributed by atoms with Crippen LogP contribution in [0.15, 0.2) is 48.7 Å². The number of pyridine rings is 1. The molecule has 0 unspecified atom stereocenters. The number of nitrogen functional groups attached to an aromatic ring is 1. The normalized spacial score (nSPS) is 10.0. The first-order valence-corrected chi connectivity index (χ1v) is 6.28. The van der Waals surface area contributed by atoms with E-state index in [9.17, 15) is 4.79 Å². The first-order chi connectivity index (χ1) is 9.75. The van der Waals surface area contributed by atoms with Crippen molar-refractivity contribution in [2.45, 2.75) is 6.42 Å². The molecule has 2 aromatic rings. The maximum atomic E-state index is 11.5. The Morgan fingerprint density at radius 3 is 2.70 bits per heavy atom. The molecule has 1 aromatic heterocycles. The van der Waals surface area contributed by atoms with E-state index >= 15 is 0 Å². The third kappa shape index (κ3) is 4.28. The Morgan fingerprint density at radius 2 is 1.95 bits per heavy atom. The molecule has 0 saturated carbocycles. The summed E-state index contributed by atoms with van der Waals surface area (Å²) in [5.41, 5.74) is 7.07. The monoisotopic (exact) mass is 272 g/mol. The molecule has 5 heteroatoms. The molecular weight excluding hydrogens is 256 g/mol. The predicted octanol–water partition coefficient (Wildman–Crippen LogP) is 1.83. The number of nitrogens with zero attached hydrogens (tertiary/aromatic N) is 1. The van der Waals surface area contributed by atoms with Gasteiger partial charge in [-0.1, -0.05) is 18.2 Å². The maximum Gasteiger partial charge on any atom is 0.344 e. The summed E-state index contributed by atoms with van der Waals surface area (Å²) in [5, 5.41) is 0. The van der Waals surface area contributed by atoms with Gasteiger partial charge in [0.2, 0.25) is 0 Å². The first kappa shape index (κ1) is 13.9. The lowest BCUT2D eigenvalue weighted by atomic mass is 10.3. The van der Waals surface area contributed by atoms with Crippen LogP contribution in [0.2, 0.25) is 0 Å². The fourth-order valence-corrected chi connectivity index (χ4v) is 1.61. The van der Waals surface area contributed by atoms with Gasteiger partial charge in [0, 0.05) is 18.3 Å². The van der Waals surface area contributed by atoms with E-state index < -0.39 is 5.97 Å². The second-order valence-corrected chi connectivity index (χ2v) is 4.12. The van der Waals surface area contributed by atoms with Crippen LogP contribution in [-0.2, 0) is 16.0 Å². The molecule has 2 rings (SSSR count). The minimum atomic E-state index is -0.427. The van der Waals surface area contributed by atoms with Gasteiger partial charge in [0.1, 0.15) is 5.75 Å². The van der Waals surface area contributed by atoms with Crippen molar-refractivity contribution in [1.82, 2.24) is 4.98 Å². The number of para-hydroxylation sites is 2. The molecule has 0 radical (unpaired) electrons. The van der Waals surface area contributed by atoms with E-state index in [0.29, 0.717) is 17.9 Å². The highest BCUT2D eigenvalue weighted by Crippen LogP contribution is 2.19. The van der Waals surface area contributed by atoms with Crippen LogP contribution in [0.5, 0.6) is 5.75 Å². The molecule has 0 atom stereocenters. The molecule has 104 valence electrons. The SMILES string of the molecule is Nc1ccccc1OCC(=O)OCCc1ccccn1. The van der Waals surface area contributed by atoms with Crippen LogP contribution < -0.4 is 10.5 Å². The predicted molar refractivity (Wildman–Crippen MR) is 75.2 cm³/mol. The van der Waals surface area contributed by atoms with E-state index in [1.807, 2.05) is 18.2 Å². The Kier molecular flexibility index (Phi) is 4.94. The number of ether oxygens (including phenoxy) is 2. The summed E-state index contributed by atoms with van der Waals surface area (Å²) in [7, 11) is 0. The Balaban J connectivity index is 1.70. The molecule has 0 spiro atoms. The number of benzene rings is 1. The summed E-state index contributed by atoms with van der Waals surface area (Å²) in [6.45, 7) is 0.125. The average molecular weight is 272 g/mol. The van der Waals surface area contributed by atoms with Crippen LogP contribution >= 0.6 is 0 Å². The molecule has 0 aliphatic rings. The van der Waals surface area contributed by atoms with Crippen molar-refractivity contribution in [3.05, 3.63) is 54.4 Å². The van der Waals surface area contributed by atoms with Gasteiger partial charge in [-0.25, -0.2) is 4.79 Å². The third-order valence-electron chi connectivity index (χ3n) is 2.61. The highest BCUT2D eigenvalue weighted by molar-refractivity contribution is 5.71. The standard InChI is InChI=1S/C15H16N2O3/c16-13-6-1-2-7-14(13)20-11-15(18)19-10-8-12-5-3-4-9-17-12/h1-7,9H,8,10-11,16H2. The largest absolute Gasteiger partial charge is 0.480 e. The number of rotatable bonds is 6. The minimum Gasteiger partial charge on any atom is -0.480 e. The van der Waals surface area contributed by atoms with Gasteiger partial charge in [0.05, 0.1) is 12.3 Å². The van der Waals surface area contributed by atoms with Crippen LogP contribution in [0.3, 0.4) is 0 Å². The lowest BCUT2D eigenvalue weighted by Gasteiger charge is -2.08. The maximum absolute atomic E-state index is 11.5. The fraction of sp³-hybridized carbons (Fsp3) is 0.200. The molecule has 0 saturated heterocycles. The Labute approximate surface area is 117 Å². The Bertz CT molecular complexity index is 558. The molecule has 1 aromatic carbocycles. The third-order valence-corrected chi connectivity index (χ3v) is 2.61. The zero-order chi connectivity index (χ0) is 14.2. The summed E-state index contributed by atoms with van der Waals surface area (Å²) in [4.78, 5) is 15.7. The summed E-state index contributed by atoms with van der Waals surface area (Å²) in [6, 6.07) is 12.6. The van der Waals surface area contributed by atoms with Crippen molar-refractivity contribution in [3.63, 3.8) is 0 Å². The lowest BCUT2D eigenvalue weighted by molar-refractivity contribution is -0.145. The average Bonchev–Trinajstić information content (AvgIpc) is 2.47. The molecular formula is C15H16N2O3. The number of carbonyl (C=O) groups excluding carboxylic acids is 1. The van der Waals surface area contributed by atoms with E-state index in [4.69, 9.17) is 15.2 Å². The van der Waals surface area contributed by atoms with E-state index in [1.54, 1.807) is 30.5 Å². The number of esters is 1. The van der Waals surface area contributed by atoms with Gasteiger partial charge in [-0.15, -0.1) is 0 Å². The van der Waals surface area contributed by atoms with Crippen molar-refractivity contribution >= 4 is 11.7 Å². The van der Waals surface area contributed by atoms with Gasteiger partial charge in [0.25, 0.3) is 0 Å². The molecule has 0 aliphatic carbocycles. The lowest BCUT2D eigenvalue weighted by Crippen LogP contribution is -2.17. The quantitative estimate of drug-likeness (QED) is 0.641. The molecule has 0 amide bonds. The minimum absolute atomic E-state index is 0.156. The smallest absolute Gasteiger partial charge is 0.344 e. The van der Waals surface area contributed by atoms with Crippen molar-refractivity contribution in [2.75, 3.05) is 18.9 Å². The van der Waals surface area contributed by atoms with Crippen LogP contribution in [0.1, 0.15) is 5.69 Å². The number of hydrogen-bond acceptors (Lipinski definition) is 5. The summed E-state index contributed by atoms with van der Waals surface area (Å²) in [5.74, 6) is 0.0540. The van der Waals surface area contributed by atoms with Crippen LogP contribution in [0.4, 0.5) is 5.69 Å². The van der Waals surface area contributed by atoms with E-state index in [1.165, 1.54) is 0 Å². The second kappa shape index (κ2) is 7.13. The zero-order valence-corrected chi connectivity index (χ0v) is 11.0. The van der Waals surface area contributed by atoms with Gasteiger partial charge in [0.15, 0.2) is 6.61 Å². The Hall–Kier alpha value is -2.56. The first-order valence-electron chi connectivity index (χ1n) is 6.28. The zero-order valence-electron chi connectivity index (χ0n) is 11.0. The topological polar surface area (TPSA) is 74.4 Å². The van der Waals surface area contributed by atoms with Gasteiger partial charge < -0.3 is 15.2 Å². The molecule has 0 bridgehead atoms. The highest BCUT2D eigenvalue weighted by atomic mass is 16.6.